The number of hydrogen-bond donors (Lipinski definition) is 2. The summed E-state index contributed by atoms with van der Waals surface area (Å²) in [4.78, 5) is 3.95. The number of nitrogens with one attached hydrogen (secondary N) is 1. The Hall–Kier alpha value is -0.500. The maximum atomic E-state index is 12.0. The highest BCUT2D eigenvalue weighted by Crippen LogP contribution is 2.31. The van der Waals surface area contributed by atoms with E-state index >= 15 is 0 Å². The molecule has 1 saturated carbocycles. The molecule has 5 nitrogen and oxygen atoms in total. The van der Waals surface area contributed by atoms with E-state index in [0.717, 1.165) is 24.3 Å². The Bertz CT molecular complexity index is 498. The predicted octanol–water partition coefficient (Wildman–Crippen LogP) is 1.14. The van der Waals surface area contributed by atoms with Gasteiger partial charge in [0.25, 0.3) is 10.0 Å². The quantitative estimate of drug-likeness (QED) is 0.852. The van der Waals surface area contributed by atoms with E-state index in [1.54, 1.807) is 6.92 Å². The minimum absolute atomic E-state index is 0.145. The lowest BCUT2D eigenvalue weighted by molar-refractivity contribution is 0.195. The SMILES string of the molecule is Cc1ncc(S(=O)(=O)NCC2CCCC2CO)s1. The first kappa shape index (κ1) is 13.9. The van der Waals surface area contributed by atoms with Gasteiger partial charge in [-0.25, -0.2) is 18.1 Å². The molecule has 0 spiro atoms. The van der Waals surface area contributed by atoms with Crippen molar-refractivity contribution < 1.29 is 13.5 Å². The molecule has 0 radical (unpaired) electrons. The zero-order valence-electron chi connectivity index (χ0n) is 10.3. The van der Waals surface area contributed by atoms with E-state index in [2.05, 4.69) is 9.71 Å². The van der Waals surface area contributed by atoms with E-state index in [-0.39, 0.29) is 22.7 Å². The van der Waals surface area contributed by atoms with E-state index in [0.29, 0.717) is 6.54 Å². The lowest BCUT2D eigenvalue weighted by atomic mass is 9.97. The monoisotopic (exact) mass is 290 g/mol. The number of thiazole rings is 1. The van der Waals surface area contributed by atoms with Gasteiger partial charge >= 0.3 is 0 Å². The van der Waals surface area contributed by atoms with Crippen molar-refractivity contribution in [2.45, 2.75) is 30.4 Å². The maximum absolute atomic E-state index is 12.0. The molecule has 0 aromatic carbocycles. The van der Waals surface area contributed by atoms with Crippen LogP contribution in [0.5, 0.6) is 0 Å². The van der Waals surface area contributed by atoms with Gasteiger partial charge in [-0.3, -0.25) is 0 Å². The summed E-state index contributed by atoms with van der Waals surface area (Å²) < 4.78 is 26.9. The number of rotatable bonds is 5. The summed E-state index contributed by atoms with van der Waals surface area (Å²) >= 11 is 1.17. The smallest absolute Gasteiger partial charge is 0.251 e. The molecule has 1 aliphatic rings. The van der Waals surface area contributed by atoms with Crippen LogP contribution in [0.1, 0.15) is 24.3 Å². The highest BCUT2D eigenvalue weighted by molar-refractivity contribution is 7.91. The average Bonchev–Trinajstić information content (AvgIpc) is 2.94. The Morgan fingerprint density at radius 2 is 2.22 bits per heavy atom. The Kier molecular flexibility index (Phi) is 4.37. The van der Waals surface area contributed by atoms with E-state index in [4.69, 9.17) is 0 Å². The zero-order valence-corrected chi connectivity index (χ0v) is 11.9. The van der Waals surface area contributed by atoms with E-state index < -0.39 is 10.0 Å². The summed E-state index contributed by atoms with van der Waals surface area (Å²) in [5.41, 5.74) is 0. The molecule has 0 aliphatic heterocycles. The number of sulfonamides is 1. The van der Waals surface area contributed by atoms with Gasteiger partial charge in [-0.05, 0) is 31.6 Å². The van der Waals surface area contributed by atoms with Crippen molar-refractivity contribution in [1.82, 2.24) is 9.71 Å². The minimum Gasteiger partial charge on any atom is -0.396 e. The summed E-state index contributed by atoms with van der Waals surface area (Å²) in [6.45, 7) is 2.33. The van der Waals surface area contributed by atoms with Gasteiger partial charge < -0.3 is 5.11 Å². The van der Waals surface area contributed by atoms with Crippen LogP contribution in [0.4, 0.5) is 0 Å². The minimum atomic E-state index is -3.43. The fourth-order valence-electron chi connectivity index (χ4n) is 2.38. The molecular weight excluding hydrogens is 272 g/mol. The molecule has 102 valence electrons. The van der Waals surface area contributed by atoms with Crippen molar-refractivity contribution in [3.05, 3.63) is 11.2 Å². The number of hydrogen-bond acceptors (Lipinski definition) is 5. The normalized spacial score (nSPS) is 24.6. The Morgan fingerprint density at radius 3 is 2.83 bits per heavy atom. The second-order valence-electron chi connectivity index (χ2n) is 4.68. The van der Waals surface area contributed by atoms with Crippen LogP contribution in [0.2, 0.25) is 0 Å². The van der Waals surface area contributed by atoms with E-state index in [9.17, 15) is 13.5 Å². The molecule has 2 N–H and O–H groups in total. The number of nitrogens with zero attached hydrogens (tertiary/aromatic N) is 1. The van der Waals surface area contributed by atoms with Crippen LogP contribution in [0, 0.1) is 18.8 Å². The van der Waals surface area contributed by atoms with Crippen LogP contribution >= 0.6 is 11.3 Å². The van der Waals surface area contributed by atoms with Crippen molar-refractivity contribution >= 4 is 21.4 Å². The third-order valence-corrected chi connectivity index (χ3v) is 6.25. The van der Waals surface area contributed by atoms with Crippen LogP contribution < -0.4 is 4.72 Å². The number of aryl methyl sites for hydroxylation is 1. The second-order valence-corrected chi connectivity index (χ2v) is 7.91. The first-order valence-corrected chi connectivity index (χ1v) is 8.36. The van der Waals surface area contributed by atoms with Crippen LogP contribution in [0.15, 0.2) is 10.4 Å². The summed E-state index contributed by atoms with van der Waals surface area (Å²) in [7, 11) is -3.43. The number of aliphatic hydroxyl groups is 1. The van der Waals surface area contributed by atoms with Crippen molar-refractivity contribution in [1.29, 1.82) is 0 Å². The highest BCUT2D eigenvalue weighted by atomic mass is 32.2. The number of aromatic nitrogens is 1. The van der Waals surface area contributed by atoms with Gasteiger partial charge in [-0.2, -0.15) is 0 Å². The fraction of sp³-hybridized carbons (Fsp3) is 0.727. The lowest BCUT2D eigenvalue weighted by Crippen LogP contribution is -2.31. The van der Waals surface area contributed by atoms with Crippen LogP contribution in [-0.4, -0.2) is 31.7 Å². The Labute approximate surface area is 111 Å². The van der Waals surface area contributed by atoms with Gasteiger partial charge in [0.05, 0.1) is 11.2 Å². The Morgan fingerprint density at radius 1 is 1.50 bits per heavy atom. The molecule has 2 unspecified atom stereocenters. The summed E-state index contributed by atoms with van der Waals surface area (Å²) in [6, 6.07) is 0. The van der Waals surface area contributed by atoms with Gasteiger partial charge in [0.2, 0.25) is 0 Å². The molecule has 0 amide bonds. The van der Waals surface area contributed by atoms with Gasteiger partial charge in [-0.15, -0.1) is 11.3 Å². The molecule has 1 fully saturated rings. The van der Waals surface area contributed by atoms with Crippen LogP contribution in [0.25, 0.3) is 0 Å². The molecule has 1 aromatic rings. The average molecular weight is 290 g/mol. The molecule has 0 bridgehead atoms. The van der Waals surface area contributed by atoms with Gasteiger partial charge in [0.15, 0.2) is 4.21 Å². The summed E-state index contributed by atoms with van der Waals surface area (Å²) in [6.07, 6.45) is 4.43. The van der Waals surface area contributed by atoms with Crippen molar-refractivity contribution in [2.75, 3.05) is 13.2 Å². The summed E-state index contributed by atoms with van der Waals surface area (Å²) in [5, 5.41) is 9.94. The number of aliphatic hydroxyl groups excluding tert-OH is 1. The van der Waals surface area contributed by atoms with Gasteiger partial charge in [0, 0.05) is 13.2 Å². The largest absolute Gasteiger partial charge is 0.396 e. The van der Waals surface area contributed by atoms with Crippen molar-refractivity contribution in [2.24, 2.45) is 11.8 Å². The molecule has 1 heterocycles. The van der Waals surface area contributed by atoms with Crippen molar-refractivity contribution in [3.8, 4) is 0 Å². The molecule has 1 aliphatic carbocycles. The zero-order chi connectivity index (χ0) is 13.2. The first-order valence-electron chi connectivity index (χ1n) is 6.06. The third kappa shape index (κ3) is 3.09. The highest BCUT2D eigenvalue weighted by Gasteiger charge is 2.28. The molecule has 2 rings (SSSR count). The van der Waals surface area contributed by atoms with Crippen LogP contribution in [0.3, 0.4) is 0 Å². The molecule has 18 heavy (non-hydrogen) atoms. The molecule has 7 heteroatoms. The molecule has 0 saturated heterocycles. The Balaban J connectivity index is 1.97. The molecular formula is C11H18N2O3S2. The van der Waals surface area contributed by atoms with Gasteiger partial charge in [-0.1, -0.05) is 6.42 Å². The predicted molar refractivity (Wildman–Crippen MR) is 70.0 cm³/mol. The molecule has 2 atom stereocenters. The van der Waals surface area contributed by atoms with Gasteiger partial charge in [0.1, 0.15) is 0 Å². The first-order chi connectivity index (χ1) is 8.53. The lowest BCUT2D eigenvalue weighted by Gasteiger charge is -2.17. The van der Waals surface area contributed by atoms with Crippen molar-refractivity contribution in [3.63, 3.8) is 0 Å². The second kappa shape index (κ2) is 5.64. The maximum Gasteiger partial charge on any atom is 0.251 e. The van der Waals surface area contributed by atoms with Crippen LogP contribution in [-0.2, 0) is 10.0 Å². The van der Waals surface area contributed by atoms with E-state index in [1.807, 2.05) is 0 Å². The van der Waals surface area contributed by atoms with E-state index in [1.165, 1.54) is 17.5 Å². The fourth-order valence-corrected chi connectivity index (χ4v) is 4.62. The molecule has 1 aromatic heterocycles. The summed E-state index contributed by atoms with van der Waals surface area (Å²) in [5.74, 6) is 0.481. The third-order valence-electron chi connectivity index (χ3n) is 3.45. The topological polar surface area (TPSA) is 79.3 Å². The standard InChI is InChI=1S/C11H18N2O3S2/c1-8-12-6-11(17-8)18(15,16)13-5-9-3-2-4-10(9)7-14/h6,9-10,13-14H,2-5,7H2,1H3.